The third-order valence-corrected chi connectivity index (χ3v) is 6.23. The Balaban J connectivity index is 1.24. The number of hydrogen-bond acceptors (Lipinski definition) is 6. The van der Waals surface area contributed by atoms with Crippen molar-refractivity contribution in [2.24, 2.45) is 11.7 Å². The summed E-state index contributed by atoms with van der Waals surface area (Å²) in [4.78, 5) is 16.9. The van der Waals surface area contributed by atoms with Crippen molar-refractivity contribution in [3.63, 3.8) is 0 Å². The molecule has 0 radical (unpaired) electrons. The van der Waals surface area contributed by atoms with E-state index in [0.29, 0.717) is 12.3 Å². The van der Waals surface area contributed by atoms with Crippen LogP contribution < -0.4 is 5.73 Å². The van der Waals surface area contributed by atoms with Gasteiger partial charge in [0.2, 0.25) is 0 Å². The van der Waals surface area contributed by atoms with Gasteiger partial charge in [0.1, 0.15) is 6.10 Å². The maximum absolute atomic E-state index is 12.1. The quantitative estimate of drug-likeness (QED) is 0.523. The summed E-state index contributed by atoms with van der Waals surface area (Å²) in [7, 11) is 1.74. The summed E-state index contributed by atoms with van der Waals surface area (Å²) in [5.41, 5.74) is 6.05. The Morgan fingerprint density at radius 3 is 2.52 bits per heavy atom. The molecule has 3 atom stereocenters. The van der Waals surface area contributed by atoms with E-state index in [0.717, 1.165) is 51.9 Å². The van der Waals surface area contributed by atoms with Crippen LogP contribution in [0.4, 0.5) is 0 Å². The number of nitrogens with zero attached hydrogens (tertiary/aromatic N) is 2. The number of fused-ring (bicyclic) bond motifs is 3. The molecule has 4 saturated heterocycles. The van der Waals surface area contributed by atoms with Gasteiger partial charge in [-0.25, -0.2) is 0 Å². The van der Waals surface area contributed by atoms with Crippen LogP contribution in [-0.4, -0.2) is 80.4 Å². The van der Waals surface area contributed by atoms with Crippen LogP contribution in [0.25, 0.3) is 0 Å². The molecule has 4 aliphatic rings. The summed E-state index contributed by atoms with van der Waals surface area (Å²) in [5, 5.41) is 0. The van der Waals surface area contributed by atoms with Gasteiger partial charge in [-0.2, -0.15) is 0 Å². The third-order valence-electron chi connectivity index (χ3n) is 6.23. The van der Waals surface area contributed by atoms with Crippen LogP contribution in [-0.2, 0) is 14.3 Å². The Bertz CT molecular complexity index is 426. The van der Waals surface area contributed by atoms with Gasteiger partial charge in [-0.1, -0.05) is 6.42 Å². The Labute approximate surface area is 152 Å². The maximum Gasteiger partial charge on any atom is 0.306 e. The minimum absolute atomic E-state index is 0.00198. The highest BCUT2D eigenvalue weighted by Gasteiger charge is 2.36. The molecule has 4 fully saturated rings. The van der Waals surface area contributed by atoms with Gasteiger partial charge in [-0.15, -0.1) is 0 Å². The number of rotatable bonds is 8. The second-order valence-corrected chi connectivity index (χ2v) is 8.00. The summed E-state index contributed by atoms with van der Waals surface area (Å²) in [6, 6.07) is 0.169. The molecule has 0 amide bonds. The fourth-order valence-electron chi connectivity index (χ4n) is 4.50. The Morgan fingerprint density at radius 2 is 1.84 bits per heavy atom. The van der Waals surface area contributed by atoms with E-state index in [2.05, 4.69) is 9.80 Å². The molecule has 144 valence electrons. The molecule has 4 rings (SSSR count). The van der Waals surface area contributed by atoms with Gasteiger partial charge in [0.05, 0.1) is 6.10 Å². The van der Waals surface area contributed by atoms with Crippen LogP contribution in [0.3, 0.4) is 0 Å². The van der Waals surface area contributed by atoms with Crippen LogP contribution in [0.15, 0.2) is 0 Å². The molecule has 2 N–H and O–H groups in total. The number of ether oxygens (including phenoxy) is 2. The average Bonchev–Trinajstić information content (AvgIpc) is 2.63. The lowest BCUT2D eigenvalue weighted by atomic mass is 9.86. The SMILES string of the molecule is COC1CN(CCCCCC(=O)O[C@H]2CN3CCC2CC3)CC[C@H]1N. The molecule has 0 saturated carbocycles. The maximum atomic E-state index is 12.1. The van der Waals surface area contributed by atoms with Crippen LogP contribution in [0, 0.1) is 5.92 Å². The first-order chi connectivity index (χ1) is 12.2. The molecular weight excluding hydrogens is 318 g/mol. The number of carbonyl (C=O) groups is 1. The summed E-state index contributed by atoms with van der Waals surface area (Å²) in [6.07, 6.45) is 7.40. The first-order valence-electron chi connectivity index (χ1n) is 10.1. The zero-order chi connectivity index (χ0) is 17.6. The van der Waals surface area contributed by atoms with Gasteiger partial charge in [-0.3, -0.25) is 9.69 Å². The molecule has 0 spiro atoms. The number of methoxy groups -OCH3 is 1. The molecular formula is C19H35N3O3. The molecule has 0 aromatic heterocycles. The van der Waals surface area contributed by atoms with Crippen molar-refractivity contribution >= 4 is 5.97 Å². The zero-order valence-electron chi connectivity index (χ0n) is 15.7. The van der Waals surface area contributed by atoms with E-state index in [9.17, 15) is 4.79 Å². The van der Waals surface area contributed by atoms with Gasteiger partial charge in [-0.05, 0) is 64.2 Å². The molecule has 4 aliphatic heterocycles. The fourth-order valence-corrected chi connectivity index (χ4v) is 4.50. The van der Waals surface area contributed by atoms with Gasteiger partial charge in [0.25, 0.3) is 0 Å². The number of unbranched alkanes of at least 4 members (excludes halogenated alkanes) is 2. The Kier molecular flexibility index (Phi) is 7.10. The Hall–Kier alpha value is -0.690. The molecule has 25 heavy (non-hydrogen) atoms. The lowest BCUT2D eigenvalue weighted by Gasteiger charge is -2.43. The zero-order valence-corrected chi connectivity index (χ0v) is 15.7. The molecule has 0 aromatic rings. The van der Waals surface area contributed by atoms with E-state index >= 15 is 0 Å². The molecule has 1 unspecified atom stereocenters. The molecule has 6 heteroatoms. The van der Waals surface area contributed by atoms with Gasteiger partial charge < -0.3 is 20.1 Å². The van der Waals surface area contributed by atoms with Crippen molar-refractivity contribution in [2.75, 3.05) is 46.4 Å². The lowest BCUT2D eigenvalue weighted by molar-refractivity contribution is -0.158. The van der Waals surface area contributed by atoms with Crippen molar-refractivity contribution < 1.29 is 14.3 Å². The van der Waals surface area contributed by atoms with Gasteiger partial charge in [0.15, 0.2) is 0 Å². The highest BCUT2D eigenvalue weighted by Crippen LogP contribution is 2.29. The van der Waals surface area contributed by atoms with Crippen LogP contribution in [0.1, 0.15) is 44.9 Å². The van der Waals surface area contributed by atoms with Crippen LogP contribution >= 0.6 is 0 Å². The Morgan fingerprint density at radius 1 is 1.04 bits per heavy atom. The number of likely N-dealkylation sites (tertiary alicyclic amines) is 1. The second-order valence-electron chi connectivity index (χ2n) is 8.00. The first kappa shape index (κ1) is 19.1. The van der Waals surface area contributed by atoms with E-state index in [4.69, 9.17) is 15.2 Å². The normalized spacial score (nSPS) is 35.7. The van der Waals surface area contributed by atoms with Crippen molar-refractivity contribution in [3.05, 3.63) is 0 Å². The second kappa shape index (κ2) is 9.31. The van der Waals surface area contributed by atoms with Gasteiger partial charge >= 0.3 is 5.97 Å². The summed E-state index contributed by atoms with van der Waals surface area (Å²) in [5.74, 6) is 0.607. The minimum Gasteiger partial charge on any atom is -0.461 e. The van der Waals surface area contributed by atoms with E-state index in [1.807, 2.05) is 0 Å². The monoisotopic (exact) mass is 353 g/mol. The van der Waals surface area contributed by atoms with E-state index in [1.54, 1.807) is 7.11 Å². The lowest BCUT2D eigenvalue weighted by Crippen LogP contribution is -2.51. The number of nitrogens with two attached hydrogens (primary N) is 1. The topological polar surface area (TPSA) is 68.0 Å². The van der Waals surface area contributed by atoms with E-state index in [-0.39, 0.29) is 24.2 Å². The van der Waals surface area contributed by atoms with E-state index in [1.165, 1.54) is 25.9 Å². The average molecular weight is 354 g/mol. The molecule has 2 bridgehead atoms. The fraction of sp³-hybridized carbons (Fsp3) is 0.947. The highest BCUT2D eigenvalue weighted by molar-refractivity contribution is 5.69. The first-order valence-corrected chi connectivity index (χ1v) is 10.1. The summed E-state index contributed by atoms with van der Waals surface area (Å²) in [6.45, 7) is 6.38. The van der Waals surface area contributed by atoms with Crippen LogP contribution in [0.2, 0.25) is 0 Å². The predicted molar refractivity (Wildman–Crippen MR) is 97.3 cm³/mol. The summed E-state index contributed by atoms with van der Waals surface area (Å²) >= 11 is 0. The van der Waals surface area contributed by atoms with Crippen molar-refractivity contribution in [3.8, 4) is 0 Å². The largest absolute Gasteiger partial charge is 0.461 e. The number of carbonyl (C=O) groups excluding carboxylic acids is 1. The molecule has 4 heterocycles. The standard InChI is InChI=1S/C19H35N3O3/c1-24-18-14-21(12-8-16(18)20)9-4-2-3-5-19(23)25-17-13-22-10-6-15(17)7-11-22/h15-18H,2-14,20H2,1H3/t16-,17+,18?/m1/s1. The van der Waals surface area contributed by atoms with Gasteiger partial charge in [0, 0.05) is 32.7 Å². The predicted octanol–water partition coefficient (Wildman–Crippen LogP) is 1.23. The van der Waals surface area contributed by atoms with Crippen molar-refractivity contribution in [1.29, 1.82) is 0 Å². The number of piperidine rings is 4. The molecule has 0 aliphatic carbocycles. The number of esters is 1. The highest BCUT2D eigenvalue weighted by atomic mass is 16.5. The van der Waals surface area contributed by atoms with Crippen molar-refractivity contribution in [1.82, 2.24) is 9.80 Å². The van der Waals surface area contributed by atoms with E-state index < -0.39 is 0 Å². The third kappa shape index (κ3) is 5.39. The van der Waals surface area contributed by atoms with Crippen LogP contribution in [0.5, 0.6) is 0 Å². The summed E-state index contributed by atoms with van der Waals surface area (Å²) < 4.78 is 11.2. The van der Waals surface area contributed by atoms with Crippen molar-refractivity contribution in [2.45, 2.75) is 63.2 Å². The smallest absolute Gasteiger partial charge is 0.306 e. The molecule has 6 nitrogen and oxygen atoms in total. The number of hydrogen-bond donors (Lipinski definition) is 1. The minimum atomic E-state index is 0.00198. The molecule has 0 aromatic carbocycles.